The first-order valence-corrected chi connectivity index (χ1v) is 16.7. The summed E-state index contributed by atoms with van der Waals surface area (Å²) in [6.45, 7) is 0. The molecule has 5 aromatic rings. The Labute approximate surface area is 303 Å². The van der Waals surface area contributed by atoms with Crippen molar-refractivity contribution >= 4 is 64.5 Å². The van der Waals surface area contributed by atoms with E-state index in [-0.39, 0.29) is 22.0 Å². The zero-order valence-corrected chi connectivity index (χ0v) is 29.0. The van der Waals surface area contributed by atoms with Gasteiger partial charge in [0.25, 0.3) is 11.8 Å². The molecule has 0 aliphatic carbocycles. The number of methoxy groups -OCH3 is 2. The first-order chi connectivity index (χ1) is 24.6. The quantitative estimate of drug-likeness (QED) is 0.0709. The number of anilines is 2. The summed E-state index contributed by atoms with van der Waals surface area (Å²) in [6.07, 6.45) is 1.50. The molecule has 0 aromatic heterocycles. The molecule has 5 aromatic carbocycles. The molecule has 0 saturated carbocycles. The molecular formula is C39H32ClN3O7S. The Kier molecular flexibility index (Phi) is 12.1. The Bertz CT molecular complexity index is 2090. The fourth-order valence-electron chi connectivity index (χ4n) is 4.91. The molecule has 0 radical (unpaired) electrons. The summed E-state index contributed by atoms with van der Waals surface area (Å²) in [4.78, 5) is 52.9. The predicted octanol–water partition coefficient (Wildman–Crippen LogP) is 7.94. The van der Waals surface area contributed by atoms with Gasteiger partial charge in [-0.15, -0.1) is 11.8 Å². The van der Waals surface area contributed by atoms with Crippen LogP contribution in [0.5, 0.6) is 11.5 Å². The van der Waals surface area contributed by atoms with E-state index in [2.05, 4.69) is 16.0 Å². The molecule has 0 aliphatic rings. The van der Waals surface area contributed by atoms with E-state index in [0.29, 0.717) is 38.8 Å². The number of aromatic carboxylic acids is 1. The molecule has 0 heterocycles. The van der Waals surface area contributed by atoms with Crippen LogP contribution in [0.3, 0.4) is 0 Å². The number of carboxylic acid groups (broad SMARTS) is 1. The summed E-state index contributed by atoms with van der Waals surface area (Å²) in [6, 6.07) is 33.8. The van der Waals surface area contributed by atoms with Crippen LogP contribution < -0.4 is 25.4 Å². The van der Waals surface area contributed by atoms with Crippen molar-refractivity contribution in [2.45, 2.75) is 10.1 Å². The van der Waals surface area contributed by atoms with Gasteiger partial charge in [0.05, 0.1) is 24.8 Å². The Morgan fingerprint density at radius 3 is 2.16 bits per heavy atom. The summed E-state index contributed by atoms with van der Waals surface area (Å²) >= 11 is 7.25. The van der Waals surface area contributed by atoms with Gasteiger partial charge in [0, 0.05) is 27.4 Å². The number of rotatable bonds is 13. The van der Waals surface area contributed by atoms with Crippen LogP contribution >= 0.6 is 23.4 Å². The van der Waals surface area contributed by atoms with Crippen LogP contribution in [0.2, 0.25) is 5.02 Å². The number of hydrogen-bond acceptors (Lipinski definition) is 7. The van der Waals surface area contributed by atoms with Crippen LogP contribution in [0.1, 0.15) is 37.1 Å². The van der Waals surface area contributed by atoms with Gasteiger partial charge < -0.3 is 30.5 Å². The van der Waals surface area contributed by atoms with Crippen molar-refractivity contribution in [2.75, 3.05) is 24.9 Å². The highest BCUT2D eigenvalue weighted by Crippen LogP contribution is 2.37. The van der Waals surface area contributed by atoms with Crippen molar-refractivity contribution in [1.29, 1.82) is 0 Å². The molecule has 258 valence electrons. The van der Waals surface area contributed by atoms with Gasteiger partial charge >= 0.3 is 5.97 Å². The zero-order valence-electron chi connectivity index (χ0n) is 27.4. The second-order valence-corrected chi connectivity index (χ2v) is 12.5. The number of amides is 3. The summed E-state index contributed by atoms with van der Waals surface area (Å²) in [5, 5.41) is 17.1. The molecule has 10 nitrogen and oxygen atoms in total. The van der Waals surface area contributed by atoms with Crippen LogP contribution in [-0.4, -0.2) is 43.0 Å². The maximum Gasteiger partial charge on any atom is 0.337 e. The van der Waals surface area contributed by atoms with Gasteiger partial charge in [-0.05, 0) is 78.4 Å². The van der Waals surface area contributed by atoms with Crippen molar-refractivity contribution in [3.8, 4) is 11.5 Å². The normalized spacial score (nSPS) is 11.5. The molecule has 1 unspecified atom stereocenters. The lowest BCUT2D eigenvalue weighted by Crippen LogP contribution is -2.30. The molecule has 0 saturated heterocycles. The second-order valence-electron chi connectivity index (χ2n) is 10.9. The Morgan fingerprint density at radius 2 is 1.47 bits per heavy atom. The fourth-order valence-corrected chi connectivity index (χ4v) is 6.19. The molecule has 0 aliphatic heterocycles. The highest BCUT2D eigenvalue weighted by Gasteiger charge is 2.24. The largest absolute Gasteiger partial charge is 0.497 e. The lowest BCUT2D eigenvalue weighted by Gasteiger charge is -2.18. The third kappa shape index (κ3) is 9.56. The molecule has 4 N–H and O–H groups in total. The molecule has 1 atom stereocenters. The van der Waals surface area contributed by atoms with Gasteiger partial charge in [-0.3, -0.25) is 14.4 Å². The van der Waals surface area contributed by atoms with Crippen LogP contribution in [0.4, 0.5) is 11.4 Å². The number of carbonyl (C=O) groups excluding carboxylic acids is 3. The minimum atomic E-state index is -1.22. The van der Waals surface area contributed by atoms with Crippen LogP contribution in [0.25, 0.3) is 6.08 Å². The average molecular weight is 722 g/mol. The van der Waals surface area contributed by atoms with Crippen LogP contribution in [-0.2, 0) is 9.59 Å². The highest BCUT2D eigenvalue weighted by molar-refractivity contribution is 8.00. The van der Waals surface area contributed by atoms with E-state index in [0.717, 1.165) is 0 Å². The second kappa shape index (κ2) is 17.1. The first kappa shape index (κ1) is 36.2. The minimum absolute atomic E-state index is 0.0496. The number of carbonyl (C=O) groups is 4. The van der Waals surface area contributed by atoms with E-state index >= 15 is 0 Å². The van der Waals surface area contributed by atoms with Crippen molar-refractivity contribution in [3.05, 3.63) is 154 Å². The SMILES string of the molecule is COc1ccc(OC)c(/C=C(/NC(=O)c2ccccc2)C(=O)Nc2cccc(SC(C(=O)Nc3ccc(Cl)c(C(=O)O)c3)c3ccccc3)c2)c1. The smallest absolute Gasteiger partial charge is 0.337 e. The maximum atomic E-state index is 13.8. The Balaban J connectivity index is 1.42. The molecule has 5 rings (SSSR count). The number of hydrogen-bond donors (Lipinski definition) is 4. The number of carboxylic acids is 1. The molecule has 51 heavy (non-hydrogen) atoms. The average Bonchev–Trinajstić information content (AvgIpc) is 3.14. The number of benzene rings is 5. The van der Waals surface area contributed by atoms with E-state index in [9.17, 15) is 24.3 Å². The topological polar surface area (TPSA) is 143 Å². The van der Waals surface area contributed by atoms with Crippen molar-refractivity contribution < 1.29 is 33.8 Å². The monoisotopic (exact) mass is 721 g/mol. The van der Waals surface area contributed by atoms with Crippen LogP contribution in [0, 0.1) is 0 Å². The van der Waals surface area contributed by atoms with E-state index in [1.807, 2.05) is 30.3 Å². The van der Waals surface area contributed by atoms with Gasteiger partial charge in [0.1, 0.15) is 22.4 Å². The molecule has 12 heteroatoms. The van der Waals surface area contributed by atoms with E-state index in [1.54, 1.807) is 72.8 Å². The maximum absolute atomic E-state index is 13.8. The third-order valence-electron chi connectivity index (χ3n) is 7.42. The fraction of sp³-hybridized carbons (Fsp3) is 0.0769. The summed E-state index contributed by atoms with van der Waals surface area (Å²) < 4.78 is 10.8. The highest BCUT2D eigenvalue weighted by atomic mass is 35.5. The number of halogens is 1. The van der Waals surface area contributed by atoms with E-state index in [4.69, 9.17) is 21.1 Å². The van der Waals surface area contributed by atoms with Gasteiger partial charge in [-0.25, -0.2) is 4.79 Å². The number of thioether (sulfide) groups is 1. The molecule has 0 fully saturated rings. The molecule has 0 bridgehead atoms. The summed E-state index contributed by atoms with van der Waals surface area (Å²) in [5.74, 6) is -1.74. The molecule has 0 spiro atoms. The molecular weight excluding hydrogens is 690 g/mol. The third-order valence-corrected chi connectivity index (χ3v) is 8.99. The summed E-state index contributed by atoms with van der Waals surface area (Å²) in [7, 11) is 3.01. The Hall–Kier alpha value is -6.04. The van der Waals surface area contributed by atoms with Gasteiger partial charge in [-0.2, -0.15) is 0 Å². The number of nitrogens with one attached hydrogen (secondary N) is 3. The van der Waals surface area contributed by atoms with E-state index < -0.39 is 28.9 Å². The lowest BCUT2D eigenvalue weighted by molar-refractivity contribution is -0.116. The first-order valence-electron chi connectivity index (χ1n) is 15.4. The van der Waals surface area contributed by atoms with Gasteiger partial charge in [0.15, 0.2) is 0 Å². The zero-order chi connectivity index (χ0) is 36.3. The molecule has 3 amide bonds. The van der Waals surface area contributed by atoms with Crippen molar-refractivity contribution in [1.82, 2.24) is 5.32 Å². The lowest BCUT2D eigenvalue weighted by atomic mass is 10.1. The van der Waals surface area contributed by atoms with Crippen LogP contribution in [0.15, 0.2) is 132 Å². The number of ether oxygens (including phenoxy) is 2. The Morgan fingerprint density at radius 1 is 0.765 bits per heavy atom. The van der Waals surface area contributed by atoms with Gasteiger partial charge in [0.2, 0.25) is 5.91 Å². The van der Waals surface area contributed by atoms with Crippen molar-refractivity contribution in [2.24, 2.45) is 0 Å². The predicted molar refractivity (Wildman–Crippen MR) is 199 cm³/mol. The minimum Gasteiger partial charge on any atom is -0.497 e. The van der Waals surface area contributed by atoms with Gasteiger partial charge in [-0.1, -0.05) is 66.2 Å². The standard InChI is InChI=1S/C39H32ClN3O7S/c1-49-29-17-19-34(50-2)26(20-29)21-33(43-36(44)25-12-7-4-8-13-25)37(45)41-27-14-9-15-30(22-27)51-35(24-10-5-3-6-11-24)38(46)42-28-16-18-32(40)31(23-28)39(47)48/h3-23,35H,1-2H3,(H,41,45)(H,42,46)(H,43,44)(H,47,48)/b33-21+. The summed E-state index contributed by atoms with van der Waals surface area (Å²) in [5.41, 5.74) is 2.02. The van der Waals surface area contributed by atoms with Crippen molar-refractivity contribution in [3.63, 3.8) is 0 Å². The van der Waals surface area contributed by atoms with E-state index in [1.165, 1.54) is 50.3 Å².